The molecule has 0 bridgehead atoms. The molecule has 1 aromatic carbocycles. The van der Waals surface area contributed by atoms with Gasteiger partial charge in [0, 0.05) is 19.2 Å². The van der Waals surface area contributed by atoms with Crippen molar-refractivity contribution < 1.29 is 32.6 Å². The number of benzene rings is 1. The molecule has 1 saturated carbocycles. The first-order valence-corrected chi connectivity index (χ1v) is 15.7. The lowest BCUT2D eigenvalue weighted by molar-refractivity contribution is -0.118. The molecule has 1 unspecified atom stereocenters. The Kier molecular flexibility index (Phi) is 8.73. The fraction of sp³-hybridized carbons (Fsp3) is 0.481. The van der Waals surface area contributed by atoms with E-state index in [0.717, 1.165) is 31.2 Å². The van der Waals surface area contributed by atoms with Crippen LogP contribution < -0.4 is 10.1 Å². The monoisotopic (exact) mass is 603 g/mol. The van der Waals surface area contributed by atoms with Gasteiger partial charge in [-0.05, 0) is 43.1 Å². The predicted octanol–water partition coefficient (Wildman–Crippen LogP) is 3.96. The van der Waals surface area contributed by atoms with Crippen LogP contribution in [0.25, 0.3) is 10.3 Å². The molecule has 1 saturated heterocycles. The van der Waals surface area contributed by atoms with Crippen LogP contribution in [0.3, 0.4) is 0 Å². The summed E-state index contributed by atoms with van der Waals surface area (Å²) in [5.74, 6) is 0.189. The van der Waals surface area contributed by atoms with Crippen LogP contribution in [0.15, 0.2) is 41.3 Å². The van der Waals surface area contributed by atoms with Crippen LogP contribution in [0.1, 0.15) is 43.6 Å². The standard InChI is InChI=1S/C27H33N5O7S2/c1-31-13-14-32(16-23(31)39-27(34)35)41(36,37)19-9-7-18(8-10-19)20(15-17-5-3-4-6-17)24(33)30-26-28-21-11-12-22(38-2)29-25(21)40-26/h7-12,17,20,23H,3-6,13-16H2,1-2H3,(H,34,35)(H,28,30,33)/t20-,23?/m1/s1. The van der Waals surface area contributed by atoms with Gasteiger partial charge in [0.25, 0.3) is 0 Å². The molecule has 12 nitrogen and oxygen atoms in total. The van der Waals surface area contributed by atoms with Crippen molar-refractivity contribution >= 4 is 48.9 Å². The maximum atomic E-state index is 13.6. The third-order valence-corrected chi connectivity index (χ3v) is 10.5. The molecule has 2 aliphatic rings. The van der Waals surface area contributed by atoms with Gasteiger partial charge in [-0.1, -0.05) is 49.2 Å². The van der Waals surface area contributed by atoms with E-state index in [-0.39, 0.29) is 23.9 Å². The lowest BCUT2D eigenvalue weighted by atomic mass is 9.87. The van der Waals surface area contributed by atoms with Gasteiger partial charge in [0.15, 0.2) is 11.4 Å². The van der Waals surface area contributed by atoms with Crippen molar-refractivity contribution in [2.24, 2.45) is 5.92 Å². The number of pyridine rings is 1. The van der Waals surface area contributed by atoms with Gasteiger partial charge in [0.1, 0.15) is 10.3 Å². The van der Waals surface area contributed by atoms with Gasteiger partial charge >= 0.3 is 6.16 Å². The lowest BCUT2D eigenvalue weighted by Gasteiger charge is -2.37. The minimum atomic E-state index is -3.90. The summed E-state index contributed by atoms with van der Waals surface area (Å²) >= 11 is 1.27. The topological polar surface area (TPSA) is 151 Å². The Balaban J connectivity index is 1.35. The summed E-state index contributed by atoms with van der Waals surface area (Å²) in [7, 11) is -0.677. The van der Waals surface area contributed by atoms with Crippen molar-refractivity contribution in [2.45, 2.75) is 49.1 Å². The first-order valence-electron chi connectivity index (χ1n) is 13.5. The zero-order valence-corrected chi connectivity index (χ0v) is 24.5. The van der Waals surface area contributed by atoms with Gasteiger partial charge in [-0.2, -0.15) is 4.31 Å². The second-order valence-electron chi connectivity index (χ2n) is 10.4. The van der Waals surface area contributed by atoms with Gasteiger partial charge in [-0.3, -0.25) is 9.69 Å². The number of nitrogens with one attached hydrogen (secondary N) is 1. The van der Waals surface area contributed by atoms with Gasteiger partial charge in [-0.25, -0.2) is 23.2 Å². The maximum absolute atomic E-state index is 13.6. The van der Waals surface area contributed by atoms with E-state index in [4.69, 9.17) is 14.6 Å². The molecule has 5 rings (SSSR count). The molecule has 2 fully saturated rings. The van der Waals surface area contributed by atoms with Crippen molar-refractivity contribution in [3.8, 4) is 5.88 Å². The molecule has 220 valence electrons. The second-order valence-corrected chi connectivity index (χ2v) is 13.3. The largest absolute Gasteiger partial charge is 0.507 e. The van der Waals surface area contributed by atoms with Crippen molar-refractivity contribution in [2.75, 3.05) is 39.1 Å². The Labute approximate surface area is 242 Å². The SMILES string of the molecule is COc1ccc2nc(NC(=O)[C@H](CC3CCCC3)c3ccc(S(=O)(=O)N4CCN(C)C(OC(=O)O)C4)cc3)sc2n1. The average Bonchev–Trinajstić information content (AvgIpc) is 3.61. The summed E-state index contributed by atoms with van der Waals surface area (Å²) in [5.41, 5.74) is 1.38. The van der Waals surface area contributed by atoms with E-state index >= 15 is 0 Å². The number of hydrogen-bond acceptors (Lipinski definition) is 10. The molecule has 1 amide bonds. The van der Waals surface area contributed by atoms with Gasteiger partial charge < -0.3 is 19.9 Å². The lowest BCUT2D eigenvalue weighted by Crippen LogP contribution is -2.54. The Morgan fingerprint density at radius 3 is 2.54 bits per heavy atom. The highest BCUT2D eigenvalue weighted by atomic mass is 32.2. The van der Waals surface area contributed by atoms with Crippen LogP contribution in [-0.4, -0.2) is 84.8 Å². The van der Waals surface area contributed by atoms with Crippen molar-refractivity contribution in [3.63, 3.8) is 0 Å². The fourth-order valence-corrected chi connectivity index (χ4v) is 7.69. The molecule has 1 aliphatic carbocycles. The maximum Gasteiger partial charge on any atom is 0.507 e. The number of anilines is 1. The van der Waals surface area contributed by atoms with Crippen molar-refractivity contribution in [1.29, 1.82) is 0 Å². The summed E-state index contributed by atoms with van der Waals surface area (Å²) in [5, 5.41) is 12.4. The van der Waals surface area contributed by atoms with Crippen molar-refractivity contribution in [3.05, 3.63) is 42.0 Å². The Morgan fingerprint density at radius 2 is 1.85 bits per heavy atom. The van der Waals surface area contributed by atoms with E-state index < -0.39 is 28.3 Å². The number of ether oxygens (including phenoxy) is 2. The number of sulfonamides is 1. The molecule has 2 aromatic heterocycles. The van der Waals surface area contributed by atoms with Crippen LogP contribution in [0, 0.1) is 5.92 Å². The van der Waals surface area contributed by atoms with E-state index in [1.165, 1.54) is 34.9 Å². The summed E-state index contributed by atoms with van der Waals surface area (Å²) in [6, 6.07) is 9.92. The fourth-order valence-electron chi connectivity index (χ4n) is 5.43. The number of rotatable bonds is 9. The van der Waals surface area contributed by atoms with Gasteiger partial charge in [0.2, 0.25) is 21.8 Å². The quantitative estimate of drug-likeness (QED) is 0.344. The van der Waals surface area contributed by atoms with Crippen LogP contribution in [-0.2, 0) is 19.6 Å². The predicted molar refractivity (Wildman–Crippen MR) is 153 cm³/mol. The smallest absolute Gasteiger partial charge is 0.481 e. The number of piperazine rings is 1. The third-order valence-electron chi connectivity index (χ3n) is 7.74. The normalized spacial score (nSPS) is 19.7. The molecule has 0 spiro atoms. The number of hydrogen-bond donors (Lipinski definition) is 2. The van der Waals surface area contributed by atoms with E-state index in [2.05, 4.69) is 15.3 Å². The molecular weight excluding hydrogens is 570 g/mol. The number of amides is 1. The van der Waals surface area contributed by atoms with Gasteiger partial charge in [0.05, 0.1) is 24.5 Å². The average molecular weight is 604 g/mol. The Morgan fingerprint density at radius 1 is 1.12 bits per heavy atom. The van der Waals surface area contributed by atoms with Crippen molar-refractivity contribution in [1.82, 2.24) is 19.2 Å². The third kappa shape index (κ3) is 6.61. The van der Waals surface area contributed by atoms with Crippen LogP contribution in [0.5, 0.6) is 5.88 Å². The van der Waals surface area contributed by atoms with Gasteiger partial charge in [-0.15, -0.1) is 0 Å². The number of fused-ring (bicyclic) bond motifs is 1. The molecule has 41 heavy (non-hydrogen) atoms. The van der Waals surface area contributed by atoms with Crippen LogP contribution >= 0.6 is 11.3 Å². The summed E-state index contributed by atoms with van der Waals surface area (Å²) in [4.78, 5) is 35.9. The molecule has 0 radical (unpaired) electrons. The number of likely N-dealkylation sites (N-methyl/N-ethyl adjacent to an activating group) is 1. The summed E-state index contributed by atoms with van der Waals surface area (Å²) in [6.45, 7) is 0.422. The molecule has 14 heteroatoms. The second kappa shape index (κ2) is 12.3. The molecular formula is C27H33N5O7S2. The molecule has 2 N–H and O–H groups in total. The van der Waals surface area contributed by atoms with Crippen LogP contribution in [0.4, 0.5) is 9.93 Å². The van der Waals surface area contributed by atoms with E-state index in [1.54, 1.807) is 36.2 Å². The van der Waals surface area contributed by atoms with Crippen LogP contribution in [0.2, 0.25) is 0 Å². The minimum absolute atomic E-state index is 0.0751. The Bertz CT molecular complexity index is 1510. The molecule has 2 atom stereocenters. The number of thiazole rings is 1. The zero-order chi connectivity index (χ0) is 29.1. The number of carbonyl (C=O) groups excluding carboxylic acids is 1. The highest BCUT2D eigenvalue weighted by molar-refractivity contribution is 7.89. The van der Waals surface area contributed by atoms with E-state index in [0.29, 0.717) is 40.2 Å². The number of methoxy groups -OCH3 is 1. The molecule has 3 aromatic rings. The first-order chi connectivity index (χ1) is 19.6. The summed E-state index contributed by atoms with van der Waals surface area (Å²) in [6.07, 6.45) is 2.70. The highest BCUT2D eigenvalue weighted by Crippen LogP contribution is 2.36. The highest BCUT2D eigenvalue weighted by Gasteiger charge is 2.35. The zero-order valence-electron chi connectivity index (χ0n) is 22.9. The number of carboxylic acid groups (broad SMARTS) is 1. The van der Waals surface area contributed by atoms with E-state index in [1.807, 2.05) is 0 Å². The van der Waals surface area contributed by atoms with E-state index in [9.17, 15) is 18.0 Å². The molecule has 1 aliphatic heterocycles. The number of carbonyl (C=O) groups is 2. The number of nitrogens with zero attached hydrogens (tertiary/aromatic N) is 4. The minimum Gasteiger partial charge on any atom is -0.481 e. The first kappa shape index (κ1) is 29.2. The number of aromatic nitrogens is 2. The Hall–Kier alpha value is -3.33. The summed E-state index contributed by atoms with van der Waals surface area (Å²) < 4.78 is 38.1. The molecule has 3 heterocycles.